The standard InChI is InChI=1S/C19H32NO7PS/c1-19(2,3)29(25)20-17(9-10-18(21)22)28(23,24)14-11-15-7-5-6-8-16(15)27-13-12-26-4/h5-8,17,20H,9-14H2,1-4H3,(H,21,22)(H,23,24). The summed E-state index contributed by atoms with van der Waals surface area (Å²) < 4.78 is 38.1. The number of methoxy groups -OCH3 is 1. The zero-order chi connectivity index (χ0) is 22.1. The van der Waals surface area contributed by atoms with Crippen molar-refractivity contribution in [3.63, 3.8) is 0 Å². The van der Waals surface area contributed by atoms with Crippen LogP contribution in [0.5, 0.6) is 5.75 Å². The number of nitrogens with one attached hydrogen (secondary N) is 1. The Labute approximate surface area is 175 Å². The molecule has 0 radical (unpaired) electrons. The van der Waals surface area contributed by atoms with E-state index in [4.69, 9.17) is 14.6 Å². The molecule has 0 bridgehead atoms. The molecule has 0 aliphatic carbocycles. The summed E-state index contributed by atoms with van der Waals surface area (Å²) in [6.07, 6.45) is -0.197. The molecule has 0 saturated heterocycles. The summed E-state index contributed by atoms with van der Waals surface area (Å²) in [5.41, 5.74) is 0.770. The van der Waals surface area contributed by atoms with Gasteiger partial charge in [0, 0.05) is 31.1 Å². The zero-order valence-corrected chi connectivity index (χ0v) is 19.1. The summed E-state index contributed by atoms with van der Waals surface area (Å²) in [5, 5.41) is 8.97. The largest absolute Gasteiger partial charge is 0.598 e. The molecule has 1 aromatic carbocycles. The van der Waals surface area contributed by atoms with Gasteiger partial charge in [-0.15, -0.1) is 4.72 Å². The number of hydrogen-bond acceptors (Lipinski definition) is 6. The van der Waals surface area contributed by atoms with Crippen LogP contribution in [0.1, 0.15) is 39.2 Å². The van der Waals surface area contributed by atoms with Gasteiger partial charge >= 0.3 is 5.97 Å². The Bertz CT molecular complexity index is 695. The Hall–Kier alpha value is -1.09. The van der Waals surface area contributed by atoms with Gasteiger partial charge in [0.05, 0.1) is 6.61 Å². The number of rotatable bonds is 13. The first-order valence-corrected chi connectivity index (χ1v) is 12.4. The van der Waals surface area contributed by atoms with Crippen LogP contribution < -0.4 is 9.46 Å². The Kier molecular flexibility index (Phi) is 10.7. The molecule has 0 aliphatic heterocycles. The first kappa shape index (κ1) is 25.9. The molecular formula is C19H32NO7PS. The van der Waals surface area contributed by atoms with Gasteiger partial charge in [0.1, 0.15) is 22.9 Å². The number of aliphatic carboxylic acids is 1. The molecule has 29 heavy (non-hydrogen) atoms. The van der Waals surface area contributed by atoms with Crippen LogP contribution in [0.2, 0.25) is 0 Å². The Morgan fingerprint density at radius 3 is 2.55 bits per heavy atom. The van der Waals surface area contributed by atoms with Crippen LogP contribution in [0.3, 0.4) is 0 Å². The van der Waals surface area contributed by atoms with Gasteiger partial charge in [-0.3, -0.25) is 9.36 Å². The minimum Gasteiger partial charge on any atom is -0.598 e. The lowest BCUT2D eigenvalue weighted by Crippen LogP contribution is -2.45. The summed E-state index contributed by atoms with van der Waals surface area (Å²) in [6, 6.07) is 7.22. The van der Waals surface area contributed by atoms with Crippen molar-refractivity contribution in [2.45, 2.75) is 50.6 Å². The fourth-order valence-corrected chi connectivity index (χ4v) is 5.50. The number of para-hydroxylation sites is 1. The fraction of sp³-hybridized carbons (Fsp3) is 0.632. The summed E-state index contributed by atoms with van der Waals surface area (Å²) in [4.78, 5) is 21.6. The second kappa shape index (κ2) is 11.9. The van der Waals surface area contributed by atoms with Gasteiger partial charge in [-0.1, -0.05) is 18.2 Å². The van der Waals surface area contributed by atoms with Crippen molar-refractivity contribution in [3.05, 3.63) is 29.8 Å². The summed E-state index contributed by atoms with van der Waals surface area (Å²) >= 11 is -1.60. The average Bonchev–Trinajstić information content (AvgIpc) is 2.63. The summed E-state index contributed by atoms with van der Waals surface area (Å²) in [5.74, 6) is -1.53. The molecule has 0 amide bonds. The molecule has 0 fully saturated rings. The van der Waals surface area contributed by atoms with Crippen molar-refractivity contribution in [1.29, 1.82) is 0 Å². The molecule has 0 aromatic heterocycles. The maximum Gasteiger partial charge on any atom is 0.303 e. The van der Waals surface area contributed by atoms with Gasteiger partial charge in [-0.25, -0.2) is 0 Å². The van der Waals surface area contributed by atoms with Crippen LogP contribution in [0.4, 0.5) is 0 Å². The van der Waals surface area contributed by atoms with E-state index in [1.165, 1.54) is 0 Å². The molecule has 10 heteroatoms. The minimum absolute atomic E-state index is 0.0864. The molecule has 1 aromatic rings. The van der Waals surface area contributed by atoms with E-state index in [1.54, 1.807) is 33.9 Å². The predicted molar refractivity (Wildman–Crippen MR) is 114 cm³/mol. The van der Waals surface area contributed by atoms with Crippen molar-refractivity contribution in [1.82, 2.24) is 4.72 Å². The highest BCUT2D eigenvalue weighted by atomic mass is 32.2. The van der Waals surface area contributed by atoms with Crippen LogP contribution in [0.15, 0.2) is 24.3 Å². The SMILES string of the molecule is COCCOc1ccccc1CCP(=O)(O)C(CCC(=O)O)N[S+]([O-])C(C)(C)C. The van der Waals surface area contributed by atoms with Gasteiger partial charge in [0.25, 0.3) is 0 Å². The van der Waals surface area contributed by atoms with Gasteiger partial charge < -0.3 is 24.0 Å². The molecule has 3 N–H and O–H groups in total. The van der Waals surface area contributed by atoms with Crippen LogP contribution in [-0.2, 0) is 31.9 Å². The molecule has 1 rings (SSSR count). The number of ether oxygens (including phenoxy) is 2. The maximum atomic E-state index is 13.0. The van der Waals surface area contributed by atoms with Crippen molar-refractivity contribution in [2.24, 2.45) is 0 Å². The van der Waals surface area contributed by atoms with E-state index >= 15 is 0 Å². The fourth-order valence-electron chi connectivity index (χ4n) is 2.43. The first-order chi connectivity index (χ1) is 13.5. The lowest BCUT2D eigenvalue weighted by molar-refractivity contribution is -0.137. The topological polar surface area (TPSA) is 128 Å². The highest BCUT2D eigenvalue weighted by Crippen LogP contribution is 2.48. The molecule has 166 valence electrons. The summed E-state index contributed by atoms with van der Waals surface area (Å²) in [6.45, 7) is 5.99. The van der Waals surface area contributed by atoms with Crippen LogP contribution in [-0.4, -0.2) is 57.5 Å². The maximum absolute atomic E-state index is 13.0. The first-order valence-electron chi connectivity index (χ1n) is 9.38. The van der Waals surface area contributed by atoms with Gasteiger partial charge in [-0.2, -0.15) is 0 Å². The number of aryl methyl sites for hydroxylation is 1. The van der Waals surface area contributed by atoms with Gasteiger partial charge in [0.15, 0.2) is 0 Å². The van der Waals surface area contributed by atoms with E-state index in [-0.39, 0.29) is 25.4 Å². The quantitative estimate of drug-likeness (QED) is 0.238. The molecule has 0 spiro atoms. The third-order valence-electron chi connectivity index (χ3n) is 4.14. The molecule has 8 nitrogen and oxygen atoms in total. The van der Waals surface area contributed by atoms with Crippen molar-refractivity contribution in [2.75, 3.05) is 26.5 Å². The van der Waals surface area contributed by atoms with E-state index in [9.17, 15) is 18.8 Å². The van der Waals surface area contributed by atoms with Crippen LogP contribution >= 0.6 is 7.37 Å². The van der Waals surface area contributed by atoms with E-state index in [2.05, 4.69) is 4.72 Å². The number of carboxylic acid groups (broad SMARTS) is 1. The Balaban J connectivity index is 2.89. The predicted octanol–water partition coefficient (Wildman–Crippen LogP) is 2.77. The number of carboxylic acids is 1. The molecule has 0 saturated carbocycles. The lowest BCUT2D eigenvalue weighted by Gasteiger charge is -2.30. The van der Waals surface area contributed by atoms with E-state index in [0.717, 1.165) is 5.56 Å². The van der Waals surface area contributed by atoms with Gasteiger partial charge in [-0.05, 0) is 45.2 Å². The van der Waals surface area contributed by atoms with Crippen molar-refractivity contribution >= 4 is 24.7 Å². The minimum atomic E-state index is -3.85. The van der Waals surface area contributed by atoms with Crippen LogP contribution in [0, 0.1) is 0 Å². The second-order valence-electron chi connectivity index (χ2n) is 7.63. The molecular weight excluding hydrogens is 417 g/mol. The number of benzene rings is 1. The summed E-state index contributed by atoms with van der Waals surface area (Å²) in [7, 11) is -2.27. The highest BCUT2D eigenvalue weighted by Gasteiger charge is 2.38. The smallest absolute Gasteiger partial charge is 0.303 e. The Morgan fingerprint density at radius 1 is 1.31 bits per heavy atom. The van der Waals surface area contributed by atoms with E-state index in [1.807, 2.05) is 18.2 Å². The van der Waals surface area contributed by atoms with Crippen LogP contribution in [0.25, 0.3) is 0 Å². The third-order valence-corrected chi connectivity index (χ3v) is 8.15. The Morgan fingerprint density at radius 2 is 1.97 bits per heavy atom. The number of carbonyl (C=O) groups is 1. The van der Waals surface area contributed by atoms with Gasteiger partial charge in [0.2, 0.25) is 7.37 Å². The third kappa shape index (κ3) is 9.51. The molecule has 0 heterocycles. The monoisotopic (exact) mass is 449 g/mol. The average molecular weight is 450 g/mol. The van der Waals surface area contributed by atoms with Crippen molar-refractivity contribution in [3.8, 4) is 5.75 Å². The van der Waals surface area contributed by atoms with E-state index in [0.29, 0.717) is 19.0 Å². The van der Waals surface area contributed by atoms with E-state index < -0.39 is 35.2 Å². The number of hydrogen-bond donors (Lipinski definition) is 3. The highest BCUT2D eigenvalue weighted by molar-refractivity contribution is 7.91. The zero-order valence-electron chi connectivity index (χ0n) is 17.4. The van der Waals surface area contributed by atoms with Crippen molar-refractivity contribution < 1.29 is 33.4 Å². The molecule has 3 unspecified atom stereocenters. The lowest BCUT2D eigenvalue weighted by atomic mass is 10.1. The normalized spacial score (nSPS) is 16.1. The molecule has 0 aliphatic rings. The molecule has 3 atom stereocenters. The second-order valence-corrected chi connectivity index (χ2v) is 12.2.